The van der Waals surface area contributed by atoms with Gasteiger partial charge in [0.2, 0.25) is 5.91 Å². The molecule has 5 nitrogen and oxygen atoms in total. The van der Waals surface area contributed by atoms with Crippen LogP contribution in [0.25, 0.3) is 0 Å². The minimum Gasteiger partial charge on any atom is -0.355 e. The number of benzene rings is 1. The number of carbonyl (C=O) groups excluding carboxylic acids is 1. The molecule has 0 aliphatic carbocycles. The van der Waals surface area contributed by atoms with E-state index in [0.717, 1.165) is 6.42 Å². The first-order chi connectivity index (χ1) is 12.4. The summed E-state index contributed by atoms with van der Waals surface area (Å²) in [6.45, 7) is 8.49. The Hall–Kier alpha value is -2.39. The number of amides is 1. The number of nitrogens with one attached hydrogen (secondary N) is 1. The Kier molecular flexibility index (Phi) is 7.16. The summed E-state index contributed by atoms with van der Waals surface area (Å²) in [6, 6.07) is 10.6. The van der Waals surface area contributed by atoms with Crippen molar-refractivity contribution in [1.82, 2.24) is 15.3 Å². The first-order valence-electron chi connectivity index (χ1n) is 8.64. The van der Waals surface area contributed by atoms with Gasteiger partial charge < -0.3 is 5.32 Å². The highest BCUT2D eigenvalue weighted by molar-refractivity contribution is 8.00. The zero-order valence-corrected chi connectivity index (χ0v) is 16.5. The molecular formula is C20H24N4OS. The maximum atomic E-state index is 12.1. The van der Waals surface area contributed by atoms with Crippen LogP contribution in [0.1, 0.15) is 48.0 Å². The molecule has 0 bridgehead atoms. The molecule has 0 saturated carbocycles. The largest absolute Gasteiger partial charge is 0.355 e. The second-order valence-electron chi connectivity index (χ2n) is 6.43. The number of carbonyl (C=O) groups is 1. The van der Waals surface area contributed by atoms with Crippen molar-refractivity contribution >= 4 is 17.7 Å². The summed E-state index contributed by atoms with van der Waals surface area (Å²) in [5.74, 6) is 1.30. The van der Waals surface area contributed by atoms with E-state index in [9.17, 15) is 10.1 Å². The maximum Gasteiger partial charge on any atom is 0.230 e. The first kappa shape index (κ1) is 19.9. The summed E-state index contributed by atoms with van der Waals surface area (Å²) in [7, 11) is 0. The number of hydrogen-bond donors (Lipinski definition) is 1. The maximum absolute atomic E-state index is 12.1. The second kappa shape index (κ2) is 9.35. The number of aromatic nitrogens is 2. The van der Waals surface area contributed by atoms with Gasteiger partial charge in [-0.1, -0.05) is 49.9 Å². The molecule has 1 aromatic heterocycles. The summed E-state index contributed by atoms with van der Waals surface area (Å²) in [5, 5.41) is 12.7. The molecule has 26 heavy (non-hydrogen) atoms. The van der Waals surface area contributed by atoms with Gasteiger partial charge in [0.15, 0.2) is 0 Å². The van der Waals surface area contributed by atoms with Crippen LogP contribution in [0.2, 0.25) is 0 Å². The average molecular weight is 369 g/mol. The van der Waals surface area contributed by atoms with Gasteiger partial charge in [-0.15, -0.1) is 0 Å². The fourth-order valence-corrected chi connectivity index (χ4v) is 3.42. The lowest BCUT2D eigenvalue weighted by Gasteiger charge is -2.09. The van der Waals surface area contributed by atoms with E-state index < -0.39 is 0 Å². The van der Waals surface area contributed by atoms with E-state index in [1.165, 1.54) is 22.9 Å². The van der Waals surface area contributed by atoms with Crippen molar-refractivity contribution < 1.29 is 4.79 Å². The Bertz CT molecular complexity index is 810. The molecule has 0 aliphatic heterocycles. The van der Waals surface area contributed by atoms with Crippen LogP contribution in [0.15, 0.2) is 29.3 Å². The molecule has 0 fully saturated rings. The van der Waals surface area contributed by atoms with E-state index in [1.807, 2.05) is 0 Å². The first-order valence-corrected chi connectivity index (χ1v) is 9.63. The number of nitriles is 1. The van der Waals surface area contributed by atoms with Crippen LogP contribution in [-0.2, 0) is 11.2 Å². The van der Waals surface area contributed by atoms with Crippen molar-refractivity contribution in [3.63, 3.8) is 0 Å². The quantitative estimate of drug-likeness (QED) is 0.597. The SMILES string of the molecule is Cc1nc(C)c(C#N)c(SCC(=O)NCCc2ccc(C(C)C)cc2)n1. The topological polar surface area (TPSA) is 78.7 Å². The molecule has 0 unspecified atom stereocenters. The molecule has 6 heteroatoms. The van der Waals surface area contributed by atoms with Crippen molar-refractivity contribution in [1.29, 1.82) is 5.26 Å². The van der Waals surface area contributed by atoms with Crippen molar-refractivity contribution in [2.24, 2.45) is 0 Å². The molecular weight excluding hydrogens is 344 g/mol. The predicted octanol–water partition coefficient (Wildman–Crippen LogP) is 3.54. The van der Waals surface area contributed by atoms with Gasteiger partial charge in [0.05, 0.1) is 11.4 Å². The van der Waals surface area contributed by atoms with E-state index in [2.05, 4.69) is 59.5 Å². The van der Waals surface area contributed by atoms with Gasteiger partial charge in [-0.3, -0.25) is 4.79 Å². The molecule has 0 aliphatic rings. The fraction of sp³-hybridized carbons (Fsp3) is 0.400. The highest BCUT2D eigenvalue weighted by Crippen LogP contribution is 2.21. The summed E-state index contributed by atoms with van der Waals surface area (Å²) in [6.07, 6.45) is 0.796. The molecule has 0 spiro atoms. The van der Waals surface area contributed by atoms with E-state index >= 15 is 0 Å². The Morgan fingerprint density at radius 3 is 2.54 bits per heavy atom. The summed E-state index contributed by atoms with van der Waals surface area (Å²) < 4.78 is 0. The van der Waals surface area contributed by atoms with Gasteiger partial charge in [-0.25, -0.2) is 9.97 Å². The Balaban J connectivity index is 1.82. The van der Waals surface area contributed by atoms with Crippen LogP contribution in [0.3, 0.4) is 0 Å². The molecule has 0 saturated heterocycles. The van der Waals surface area contributed by atoms with Gasteiger partial charge in [0, 0.05) is 6.54 Å². The molecule has 136 valence electrons. The third-order valence-electron chi connectivity index (χ3n) is 4.00. The Morgan fingerprint density at radius 1 is 1.23 bits per heavy atom. The number of hydrogen-bond acceptors (Lipinski definition) is 5. The highest BCUT2D eigenvalue weighted by atomic mass is 32.2. The standard InChI is InChI=1S/C20H24N4OS/c1-13(2)17-7-5-16(6-8-17)9-10-22-19(25)12-26-20-18(11-21)14(3)23-15(4)24-20/h5-8,13H,9-10,12H2,1-4H3,(H,22,25). The molecule has 2 aromatic rings. The lowest BCUT2D eigenvalue weighted by molar-refractivity contribution is -0.118. The van der Waals surface area contributed by atoms with E-state index in [1.54, 1.807) is 13.8 Å². The zero-order valence-electron chi connectivity index (χ0n) is 15.7. The van der Waals surface area contributed by atoms with Crippen LogP contribution >= 0.6 is 11.8 Å². The molecule has 0 atom stereocenters. The Morgan fingerprint density at radius 2 is 1.92 bits per heavy atom. The van der Waals surface area contributed by atoms with Crippen LogP contribution in [0.4, 0.5) is 0 Å². The van der Waals surface area contributed by atoms with Gasteiger partial charge in [-0.05, 0) is 37.3 Å². The van der Waals surface area contributed by atoms with Crippen molar-refractivity contribution in [3.05, 3.63) is 52.5 Å². The molecule has 1 N–H and O–H groups in total. The fourth-order valence-electron chi connectivity index (χ4n) is 2.51. The van der Waals surface area contributed by atoms with Crippen molar-refractivity contribution in [2.45, 2.75) is 45.1 Å². The van der Waals surface area contributed by atoms with Crippen LogP contribution in [-0.4, -0.2) is 28.2 Å². The van der Waals surface area contributed by atoms with Crippen molar-refractivity contribution in [2.75, 3.05) is 12.3 Å². The summed E-state index contributed by atoms with van der Waals surface area (Å²) in [5.41, 5.74) is 3.61. The van der Waals surface area contributed by atoms with Crippen LogP contribution in [0, 0.1) is 25.2 Å². The lowest BCUT2D eigenvalue weighted by Crippen LogP contribution is -2.27. The minimum atomic E-state index is -0.0633. The van der Waals surface area contributed by atoms with E-state index in [-0.39, 0.29) is 11.7 Å². The number of thioether (sulfide) groups is 1. The second-order valence-corrected chi connectivity index (χ2v) is 7.40. The molecule has 2 rings (SSSR count). The van der Waals surface area contributed by atoms with E-state index in [4.69, 9.17) is 0 Å². The minimum absolute atomic E-state index is 0.0633. The smallest absolute Gasteiger partial charge is 0.230 e. The third-order valence-corrected chi connectivity index (χ3v) is 4.98. The highest BCUT2D eigenvalue weighted by Gasteiger charge is 2.12. The molecule has 0 radical (unpaired) electrons. The predicted molar refractivity (Wildman–Crippen MR) is 104 cm³/mol. The summed E-state index contributed by atoms with van der Waals surface area (Å²) in [4.78, 5) is 20.5. The number of aryl methyl sites for hydroxylation is 2. The normalized spacial score (nSPS) is 10.6. The number of nitrogens with zero attached hydrogens (tertiary/aromatic N) is 3. The molecule has 1 heterocycles. The van der Waals surface area contributed by atoms with Crippen LogP contribution < -0.4 is 5.32 Å². The van der Waals surface area contributed by atoms with Gasteiger partial charge in [-0.2, -0.15) is 5.26 Å². The van der Waals surface area contributed by atoms with Gasteiger partial charge >= 0.3 is 0 Å². The Labute approximate surface area is 159 Å². The zero-order chi connectivity index (χ0) is 19.1. The van der Waals surface area contributed by atoms with E-state index in [0.29, 0.717) is 34.6 Å². The summed E-state index contributed by atoms with van der Waals surface area (Å²) >= 11 is 1.27. The van der Waals surface area contributed by atoms with Crippen molar-refractivity contribution in [3.8, 4) is 6.07 Å². The lowest BCUT2D eigenvalue weighted by atomic mass is 10.0. The van der Waals surface area contributed by atoms with Gasteiger partial charge in [0.25, 0.3) is 0 Å². The molecule has 1 amide bonds. The number of rotatable bonds is 7. The third kappa shape index (κ3) is 5.57. The van der Waals surface area contributed by atoms with Gasteiger partial charge in [0.1, 0.15) is 22.5 Å². The monoisotopic (exact) mass is 368 g/mol. The van der Waals surface area contributed by atoms with Crippen LogP contribution in [0.5, 0.6) is 0 Å². The average Bonchev–Trinajstić information content (AvgIpc) is 2.60. The molecule has 1 aromatic carbocycles.